The zero-order valence-corrected chi connectivity index (χ0v) is 17.6. The molecule has 0 radical (unpaired) electrons. The van der Waals surface area contributed by atoms with Crippen molar-refractivity contribution in [2.24, 2.45) is 4.99 Å². The summed E-state index contributed by atoms with van der Waals surface area (Å²) in [4.78, 5) is 7.43. The monoisotopic (exact) mass is 392 g/mol. The molecule has 0 bridgehead atoms. The molecule has 0 N–H and O–H groups in total. The van der Waals surface area contributed by atoms with E-state index in [0.717, 1.165) is 37.2 Å². The lowest BCUT2D eigenvalue weighted by Crippen LogP contribution is -2.47. The maximum Gasteiger partial charge on any atom is 0.112 e. The second-order valence-electron chi connectivity index (χ2n) is 8.25. The van der Waals surface area contributed by atoms with Crippen molar-refractivity contribution >= 4 is 22.3 Å². The molecule has 3 aromatic carbocycles. The fourth-order valence-electron chi connectivity index (χ4n) is 4.48. The lowest BCUT2D eigenvalue weighted by molar-refractivity contribution is 0.651. The maximum absolute atomic E-state index is 5.01. The lowest BCUT2D eigenvalue weighted by atomic mass is 9.90. The fourth-order valence-corrected chi connectivity index (χ4v) is 4.48. The molecule has 2 heteroatoms. The van der Waals surface area contributed by atoms with Crippen LogP contribution >= 0.6 is 0 Å². The quantitative estimate of drug-likeness (QED) is 0.442. The number of aliphatic imine (C=N–C) groups is 1. The van der Waals surface area contributed by atoms with Crippen molar-refractivity contribution in [3.8, 4) is 0 Å². The molecule has 1 heterocycles. The molecule has 0 spiro atoms. The molecular formula is C28H28N2. The summed E-state index contributed by atoms with van der Waals surface area (Å²) < 4.78 is 0. The van der Waals surface area contributed by atoms with Crippen LogP contribution in [0.4, 0.5) is 5.69 Å². The van der Waals surface area contributed by atoms with Gasteiger partial charge in [-0.3, -0.25) is 0 Å². The summed E-state index contributed by atoms with van der Waals surface area (Å²) in [5.74, 6) is 1.16. The summed E-state index contributed by atoms with van der Waals surface area (Å²) in [6.07, 6.45) is 12.1. The van der Waals surface area contributed by atoms with E-state index in [1.54, 1.807) is 0 Å². The van der Waals surface area contributed by atoms with Crippen LogP contribution in [0.1, 0.15) is 49.8 Å². The van der Waals surface area contributed by atoms with Crippen molar-refractivity contribution in [2.45, 2.75) is 45.1 Å². The molecule has 1 atom stereocenters. The van der Waals surface area contributed by atoms with Crippen LogP contribution in [-0.2, 0) is 6.42 Å². The largest absolute Gasteiger partial charge is 0.322 e. The predicted octanol–water partition coefficient (Wildman–Crippen LogP) is 7.38. The zero-order chi connectivity index (χ0) is 20.3. The highest BCUT2D eigenvalue weighted by Gasteiger charge is 2.36. The molecule has 0 aromatic heterocycles. The Morgan fingerprint density at radius 2 is 1.77 bits per heavy atom. The van der Waals surface area contributed by atoms with E-state index in [9.17, 15) is 0 Å². The Morgan fingerprint density at radius 1 is 0.933 bits per heavy atom. The smallest absolute Gasteiger partial charge is 0.112 e. The number of aryl methyl sites for hydroxylation is 1. The highest BCUT2D eigenvalue weighted by molar-refractivity contribution is 6.06. The summed E-state index contributed by atoms with van der Waals surface area (Å²) in [5.41, 5.74) is 5.10. The second kappa shape index (κ2) is 8.31. The first-order valence-electron chi connectivity index (χ1n) is 11.1. The number of fused-ring (bicyclic) bond motifs is 1. The van der Waals surface area contributed by atoms with Gasteiger partial charge in [0.2, 0.25) is 0 Å². The summed E-state index contributed by atoms with van der Waals surface area (Å²) in [7, 11) is 0. The Bertz CT molecular complexity index is 1130. The third-order valence-electron chi connectivity index (χ3n) is 6.11. The Kier molecular flexibility index (Phi) is 5.23. The van der Waals surface area contributed by atoms with E-state index in [-0.39, 0.29) is 0 Å². The zero-order valence-electron chi connectivity index (χ0n) is 17.6. The average Bonchev–Trinajstić information content (AvgIpc) is 2.78. The summed E-state index contributed by atoms with van der Waals surface area (Å²) in [6.45, 7) is 2.23. The van der Waals surface area contributed by atoms with Crippen LogP contribution in [0.25, 0.3) is 10.8 Å². The van der Waals surface area contributed by atoms with Gasteiger partial charge < -0.3 is 4.90 Å². The van der Waals surface area contributed by atoms with Gasteiger partial charge in [0.05, 0.1) is 11.7 Å². The highest BCUT2D eigenvalue weighted by Crippen LogP contribution is 2.41. The van der Waals surface area contributed by atoms with E-state index in [2.05, 4.69) is 96.8 Å². The molecule has 1 aliphatic heterocycles. The molecule has 1 saturated heterocycles. The topological polar surface area (TPSA) is 15.6 Å². The van der Waals surface area contributed by atoms with Gasteiger partial charge in [0.15, 0.2) is 0 Å². The number of allylic oxidation sites excluding steroid dienone is 3. The molecule has 150 valence electrons. The van der Waals surface area contributed by atoms with Crippen molar-refractivity contribution in [3.05, 3.63) is 102 Å². The molecule has 3 aromatic rings. The first kappa shape index (κ1) is 18.9. The van der Waals surface area contributed by atoms with Gasteiger partial charge in [0.25, 0.3) is 0 Å². The van der Waals surface area contributed by atoms with E-state index in [4.69, 9.17) is 4.99 Å². The van der Waals surface area contributed by atoms with Gasteiger partial charge in [-0.05, 0) is 65.4 Å². The second-order valence-corrected chi connectivity index (χ2v) is 8.25. The number of anilines is 1. The van der Waals surface area contributed by atoms with Gasteiger partial charge in [0.1, 0.15) is 5.84 Å². The molecule has 5 rings (SSSR count). The van der Waals surface area contributed by atoms with Gasteiger partial charge in [0, 0.05) is 12.1 Å². The van der Waals surface area contributed by atoms with Crippen LogP contribution in [0.5, 0.6) is 0 Å². The number of hydrogen-bond donors (Lipinski definition) is 0. The Balaban J connectivity index is 1.50. The van der Waals surface area contributed by atoms with Crippen LogP contribution in [-0.4, -0.2) is 5.84 Å². The van der Waals surface area contributed by atoms with E-state index in [0.29, 0.717) is 6.04 Å². The number of benzene rings is 3. The summed E-state index contributed by atoms with van der Waals surface area (Å²) >= 11 is 0. The molecule has 1 aliphatic carbocycles. The normalized spacial score (nSPS) is 19.8. The van der Waals surface area contributed by atoms with E-state index < -0.39 is 0 Å². The molecular weight excluding hydrogens is 364 g/mol. The van der Waals surface area contributed by atoms with Crippen molar-refractivity contribution in [3.63, 3.8) is 0 Å². The molecule has 2 aliphatic rings. The Labute approximate surface area is 179 Å². The van der Waals surface area contributed by atoms with Crippen LogP contribution in [0.15, 0.2) is 95.6 Å². The first-order chi connectivity index (χ1) is 14.8. The van der Waals surface area contributed by atoms with E-state index in [1.165, 1.54) is 34.0 Å². The lowest BCUT2D eigenvalue weighted by Gasteiger charge is -2.44. The third-order valence-corrected chi connectivity index (χ3v) is 6.11. The van der Waals surface area contributed by atoms with Crippen molar-refractivity contribution in [1.82, 2.24) is 0 Å². The van der Waals surface area contributed by atoms with Crippen molar-refractivity contribution in [2.75, 3.05) is 4.90 Å². The van der Waals surface area contributed by atoms with Gasteiger partial charge in [-0.1, -0.05) is 74.0 Å². The van der Waals surface area contributed by atoms with Crippen LogP contribution in [0, 0.1) is 0 Å². The minimum Gasteiger partial charge on any atom is -0.322 e. The maximum atomic E-state index is 5.01. The number of amidine groups is 1. The summed E-state index contributed by atoms with van der Waals surface area (Å²) in [5, 5.41) is 2.60. The van der Waals surface area contributed by atoms with Crippen LogP contribution in [0.2, 0.25) is 0 Å². The van der Waals surface area contributed by atoms with Gasteiger partial charge in [-0.2, -0.15) is 0 Å². The first-order valence-corrected chi connectivity index (χ1v) is 11.1. The highest BCUT2D eigenvalue weighted by atomic mass is 15.3. The van der Waals surface area contributed by atoms with Gasteiger partial charge in [-0.15, -0.1) is 0 Å². The van der Waals surface area contributed by atoms with Gasteiger partial charge >= 0.3 is 0 Å². The molecule has 0 saturated carbocycles. The summed E-state index contributed by atoms with van der Waals surface area (Å²) in [6, 6.07) is 24.9. The third kappa shape index (κ3) is 3.70. The molecule has 1 unspecified atom stereocenters. The predicted molar refractivity (Wildman–Crippen MR) is 128 cm³/mol. The van der Waals surface area contributed by atoms with Crippen LogP contribution < -0.4 is 4.90 Å². The SMILES string of the molecule is CCCc1ccc(N2C(=NC3=CCCC=C3)CC2c2ccc3ccccc3c2)cc1. The fraction of sp³-hybridized carbons (Fsp3) is 0.250. The average molecular weight is 393 g/mol. The number of hydrogen-bond acceptors (Lipinski definition) is 1. The standard InChI is InChI=1S/C28H28N2/c1-2-8-21-13-17-26(18-14-21)30-27(20-28(30)29-25-11-4-3-5-12-25)24-16-15-22-9-6-7-10-23(22)19-24/h4,6-7,9-19,27H,2-3,5,8,20H2,1H3. The minimum absolute atomic E-state index is 0.332. The number of rotatable bonds is 5. The van der Waals surface area contributed by atoms with Gasteiger partial charge in [-0.25, -0.2) is 4.99 Å². The van der Waals surface area contributed by atoms with Crippen LogP contribution in [0.3, 0.4) is 0 Å². The van der Waals surface area contributed by atoms with E-state index >= 15 is 0 Å². The van der Waals surface area contributed by atoms with E-state index in [1.807, 2.05) is 0 Å². The Morgan fingerprint density at radius 3 is 2.53 bits per heavy atom. The molecule has 1 fully saturated rings. The van der Waals surface area contributed by atoms with Crippen molar-refractivity contribution < 1.29 is 0 Å². The molecule has 2 nitrogen and oxygen atoms in total. The minimum atomic E-state index is 0.332. The molecule has 30 heavy (non-hydrogen) atoms. The number of nitrogens with zero attached hydrogens (tertiary/aromatic N) is 2. The molecule has 0 amide bonds. The Hall–Kier alpha value is -3.13. The van der Waals surface area contributed by atoms with Crippen molar-refractivity contribution in [1.29, 1.82) is 0 Å².